The van der Waals surface area contributed by atoms with E-state index in [0.717, 1.165) is 17.6 Å². The van der Waals surface area contributed by atoms with Gasteiger partial charge in [-0.25, -0.2) is 4.39 Å². The number of nitrogens with zero attached hydrogens (tertiary/aromatic N) is 4. The van der Waals surface area contributed by atoms with Crippen LogP contribution < -0.4 is 14.6 Å². The zero-order valence-electron chi connectivity index (χ0n) is 19.7. The van der Waals surface area contributed by atoms with E-state index in [2.05, 4.69) is 5.10 Å². The fourth-order valence-electron chi connectivity index (χ4n) is 3.58. The van der Waals surface area contributed by atoms with Crippen molar-refractivity contribution in [3.63, 3.8) is 0 Å². The third kappa shape index (κ3) is 5.27. The number of halogens is 1. The molecule has 0 bridgehead atoms. The van der Waals surface area contributed by atoms with Crippen molar-refractivity contribution < 1.29 is 28.7 Å². The molecule has 3 aromatic rings. The molecule has 2 aromatic carbocycles. The Morgan fingerprint density at radius 2 is 2.03 bits per heavy atom. The Morgan fingerprint density at radius 3 is 2.63 bits per heavy atom. The number of aliphatic hydroxyl groups is 1. The average molecular weight is 483 g/mol. The summed E-state index contributed by atoms with van der Waals surface area (Å²) in [6, 6.07) is 11.9. The van der Waals surface area contributed by atoms with Gasteiger partial charge in [0.2, 0.25) is 0 Å². The van der Waals surface area contributed by atoms with E-state index >= 15 is 0 Å². The van der Waals surface area contributed by atoms with Crippen LogP contribution >= 0.6 is 0 Å². The number of hydrogen-bond acceptors (Lipinski definition) is 6. The Hall–Kier alpha value is -3.92. The highest BCUT2D eigenvalue weighted by atomic mass is 19.1. The standard InChI is InChI=1S/C25H27FN4O5/c1-16-9-12-29(16)24(32)19-7-8-22(21(26)14-19)35-30(23-10-11-28(3)27-23)25(33)18-5-4-6-20(13-18)34-17(2)15-31/h4-8,10-11,13-14,16-17,31H,9,12,15H2,1-3H3/t16?,17-/m0/s1. The molecule has 2 amide bonds. The molecular formula is C25H27FN4O5. The van der Waals surface area contributed by atoms with Crippen LogP contribution in [0.2, 0.25) is 0 Å². The molecule has 2 heterocycles. The van der Waals surface area contributed by atoms with Crippen molar-refractivity contribution in [2.24, 2.45) is 7.05 Å². The van der Waals surface area contributed by atoms with E-state index in [1.807, 2.05) is 6.92 Å². The lowest BCUT2D eigenvalue weighted by molar-refractivity contribution is 0.0501. The van der Waals surface area contributed by atoms with E-state index in [1.165, 1.54) is 22.9 Å². The number of benzene rings is 2. The first kappa shape index (κ1) is 24.2. The molecule has 0 radical (unpaired) electrons. The molecule has 1 fully saturated rings. The molecule has 0 spiro atoms. The van der Waals surface area contributed by atoms with Crippen molar-refractivity contribution >= 4 is 17.6 Å². The van der Waals surface area contributed by atoms with Crippen molar-refractivity contribution in [3.05, 3.63) is 71.7 Å². The summed E-state index contributed by atoms with van der Waals surface area (Å²) >= 11 is 0. The Labute approximate surface area is 202 Å². The van der Waals surface area contributed by atoms with Crippen molar-refractivity contribution in [1.82, 2.24) is 14.7 Å². The van der Waals surface area contributed by atoms with E-state index in [-0.39, 0.29) is 41.3 Å². The van der Waals surface area contributed by atoms with E-state index in [0.29, 0.717) is 12.3 Å². The fraction of sp³-hybridized carbons (Fsp3) is 0.320. The highest BCUT2D eigenvalue weighted by Crippen LogP contribution is 2.26. The zero-order valence-corrected chi connectivity index (χ0v) is 19.7. The highest BCUT2D eigenvalue weighted by molar-refractivity contribution is 6.04. The van der Waals surface area contributed by atoms with Gasteiger partial charge in [-0.05, 0) is 56.7 Å². The summed E-state index contributed by atoms with van der Waals surface area (Å²) in [5, 5.41) is 14.3. The van der Waals surface area contributed by atoms with Crippen LogP contribution in [0.4, 0.5) is 10.2 Å². The topological polar surface area (TPSA) is 97.1 Å². The SMILES string of the molecule is CC1CCN1C(=O)c1ccc(ON(C(=O)c2cccc(O[C@@H](C)CO)c2)c2ccn(C)n2)c(F)c1. The number of ether oxygens (including phenoxy) is 1. The summed E-state index contributed by atoms with van der Waals surface area (Å²) in [4.78, 5) is 33.3. The van der Waals surface area contributed by atoms with Crippen LogP contribution in [0.1, 0.15) is 41.0 Å². The molecule has 1 unspecified atom stereocenters. The maximum absolute atomic E-state index is 15.0. The maximum atomic E-state index is 15.0. The molecule has 0 saturated carbocycles. The second-order valence-corrected chi connectivity index (χ2v) is 8.46. The molecule has 10 heteroatoms. The summed E-state index contributed by atoms with van der Waals surface area (Å²) in [6.45, 7) is 4.09. The molecule has 0 aliphatic carbocycles. The Morgan fingerprint density at radius 1 is 1.23 bits per heavy atom. The quantitative estimate of drug-likeness (QED) is 0.496. The largest absolute Gasteiger partial charge is 0.488 e. The van der Waals surface area contributed by atoms with Crippen LogP contribution in [-0.4, -0.2) is 56.9 Å². The average Bonchev–Trinajstić information content (AvgIpc) is 3.27. The van der Waals surface area contributed by atoms with Crippen LogP contribution in [0.25, 0.3) is 0 Å². The third-order valence-corrected chi connectivity index (χ3v) is 5.72. The molecule has 1 aromatic heterocycles. The van der Waals surface area contributed by atoms with Gasteiger partial charge in [-0.1, -0.05) is 6.07 Å². The van der Waals surface area contributed by atoms with Crippen molar-refractivity contribution in [1.29, 1.82) is 0 Å². The lowest BCUT2D eigenvalue weighted by atomic mass is 10.0. The number of likely N-dealkylation sites (tertiary alicyclic amines) is 1. The Bertz CT molecular complexity index is 1230. The lowest BCUT2D eigenvalue weighted by Crippen LogP contribution is -2.49. The number of aryl methyl sites for hydroxylation is 1. The van der Waals surface area contributed by atoms with Gasteiger partial charge in [-0.3, -0.25) is 14.3 Å². The van der Waals surface area contributed by atoms with Crippen LogP contribution in [-0.2, 0) is 7.05 Å². The second kappa shape index (κ2) is 10.1. The smallest absolute Gasteiger partial charge is 0.292 e. The number of aliphatic hydroxyl groups excluding tert-OH is 1. The molecule has 35 heavy (non-hydrogen) atoms. The minimum Gasteiger partial charge on any atom is -0.488 e. The first-order valence-corrected chi connectivity index (χ1v) is 11.3. The van der Waals surface area contributed by atoms with Gasteiger partial charge in [0.15, 0.2) is 17.4 Å². The first-order valence-electron chi connectivity index (χ1n) is 11.3. The number of hydrogen-bond donors (Lipinski definition) is 1. The van der Waals surface area contributed by atoms with Crippen LogP contribution in [0.15, 0.2) is 54.7 Å². The molecule has 1 N–H and O–H groups in total. The van der Waals surface area contributed by atoms with Crippen molar-refractivity contribution in [3.8, 4) is 11.5 Å². The molecule has 1 aliphatic rings. The minimum absolute atomic E-state index is 0.124. The van der Waals surface area contributed by atoms with E-state index < -0.39 is 17.8 Å². The molecule has 184 valence electrons. The van der Waals surface area contributed by atoms with E-state index in [9.17, 15) is 19.1 Å². The number of amides is 2. The lowest BCUT2D eigenvalue weighted by Gasteiger charge is -2.38. The monoisotopic (exact) mass is 482 g/mol. The van der Waals surface area contributed by atoms with Gasteiger partial charge in [0.05, 0.1) is 6.61 Å². The second-order valence-electron chi connectivity index (χ2n) is 8.46. The van der Waals surface area contributed by atoms with Gasteiger partial charge in [0.1, 0.15) is 11.9 Å². The van der Waals surface area contributed by atoms with Gasteiger partial charge in [-0.2, -0.15) is 5.10 Å². The Kier molecular flexibility index (Phi) is 7.02. The number of rotatable bonds is 8. The van der Waals surface area contributed by atoms with Gasteiger partial charge >= 0.3 is 0 Å². The normalized spacial score (nSPS) is 15.8. The number of carbonyl (C=O) groups is 2. The third-order valence-electron chi connectivity index (χ3n) is 5.72. The number of aromatic nitrogens is 2. The molecule has 1 aliphatic heterocycles. The molecule has 1 saturated heterocycles. The summed E-state index contributed by atoms with van der Waals surface area (Å²) in [7, 11) is 1.68. The van der Waals surface area contributed by atoms with Gasteiger partial charge in [0, 0.05) is 43.0 Å². The number of anilines is 1. The van der Waals surface area contributed by atoms with Crippen LogP contribution in [0.5, 0.6) is 11.5 Å². The number of carbonyl (C=O) groups excluding carboxylic acids is 2. The molecular weight excluding hydrogens is 455 g/mol. The van der Waals surface area contributed by atoms with Crippen molar-refractivity contribution in [2.45, 2.75) is 32.4 Å². The number of hydroxylamine groups is 1. The summed E-state index contributed by atoms with van der Waals surface area (Å²) in [5.41, 5.74) is 0.414. The van der Waals surface area contributed by atoms with Crippen molar-refractivity contribution in [2.75, 3.05) is 18.2 Å². The molecule has 9 nitrogen and oxygen atoms in total. The van der Waals surface area contributed by atoms with Gasteiger partial charge in [0.25, 0.3) is 11.8 Å². The zero-order chi connectivity index (χ0) is 25.1. The fourth-order valence-corrected chi connectivity index (χ4v) is 3.58. The van der Waals surface area contributed by atoms with Gasteiger partial charge < -0.3 is 19.6 Å². The molecule has 2 atom stereocenters. The minimum atomic E-state index is -0.786. The first-order chi connectivity index (χ1) is 16.8. The maximum Gasteiger partial charge on any atom is 0.292 e. The van der Waals surface area contributed by atoms with E-state index in [4.69, 9.17) is 9.57 Å². The predicted molar refractivity (Wildman–Crippen MR) is 126 cm³/mol. The summed E-state index contributed by atoms with van der Waals surface area (Å²) in [5.74, 6) is -1.36. The van der Waals surface area contributed by atoms with Crippen LogP contribution in [0, 0.1) is 5.82 Å². The predicted octanol–water partition coefficient (Wildman–Crippen LogP) is 3.19. The van der Waals surface area contributed by atoms with Gasteiger partial charge in [-0.15, -0.1) is 5.06 Å². The summed E-state index contributed by atoms with van der Waals surface area (Å²) < 4.78 is 22.0. The highest BCUT2D eigenvalue weighted by Gasteiger charge is 2.30. The summed E-state index contributed by atoms with van der Waals surface area (Å²) in [6.07, 6.45) is 2.08. The van der Waals surface area contributed by atoms with Crippen LogP contribution in [0.3, 0.4) is 0 Å². The Balaban J connectivity index is 1.60. The van der Waals surface area contributed by atoms with E-state index in [1.54, 1.807) is 49.3 Å². The molecule has 4 rings (SSSR count).